The predicted octanol–water partition coefficient (Wildman–Crippen LogP) is 5.54. The van der Waals surface area contributed by atoms with Crippen molar-refractivity contribution in [3.8, 4) is 0 Å². The molecular formula is C23H22BrN3O4S2. The molecule has 0 saturated carbocycles. The number of esters is 2. The fraction of sp³-hybridized carbons (Fsp3) is 0.261. The molecule has 2 heterocycles. The number of carbonyl (C=O) groups excluding carboxylic acids is 2. The minimum atomic E-state index is -0.997. The van der Waals surface area contributed by atoms with E-state index in [9.17, 15) is 9.59 Å². The molecule has 0 N–H and O–H groups in total. The normalized spacial score (nSPS) is 19.8. The van der Waals surface area contributed by atoms with Gasteiger partial charge >= 0.3 is 11.9 Å². The number of hydrogen-bond acceptors (Lipinski definition) is 9. The van der Waals surface area contributed by atoms with Crippen LogP contribution in [0.5, 0.6) is 0 Å². The number of halogens is 1. The van der Waals surface area contributed by atoms with Crippen LogP contribution in [0.15, 0.2) is 74.8 Å². The molecule has 0 radical (unpaired) electrons. The molecule has 172 valence electrons. The SMILES string of the molecule is CCOC(=O)C1=NN(c2ccc(Br)cc2)[C@]2(S1)SC(C(=O)OCC)=C(C)N2c1ccccc1. The van der Waals surface area contributed by atoms with E-state index in [4.69, 9.17) is 9.47 Å². The van der Waals surface area contributed by atoms with Crippen LogP contribution in [0.1, 0.15) is 20.8 Å². The Morgan fingerprint density at radius 1 is 0.939 bits per heavy atom. The van der Waals surface area contributed by atoms with Crippen LogP contribution in [0.3, 0.4) is 0 Å². The van der Waals surface area contributed by atoms with Crippen LogP contribution < -0.4 is 9.91 Å². The van der Waals surface area contributed by atoms with Crippen molar-refractivity contribution in [2.24, 2.45) is 5.10 Å². The third-order valence-electron chi connectivity index (χ3n) is 4.87. The van der Waals surface area contributed by atoms with E-state index in [1.807, 2.05) is 66.4 Å². The Morgan fingerprint density at radius 2 is 1.58 bits per heavy atom. The van der Waals surface area contributed by atoms with Crippen molar-refractivity contribution in [3.05, 3.63) is 69.7 Å². The van der Waals surface area contributed by atoms with E-state index in [0.29, 0.717) is 4.91 Å². The van der Waals surface area contributed by atoms with Crippen LogP contribution >= 0.6 is 39.5 Å². The summed E-state index contributed by atoms with van der Waals surface area (Å²) in [5, 5.41) is 6.66. The van der Waals surface area contributed by atoms with Crippen LogP contribution in [0.4, 0.5) is 11.4 Å². The largest absolute Gasteiger partial charge is 0.462 e. The second kappa shape index (κ2) is 9.82. The quantitative estimate of drug-likeness (QED) is 0.436. The van der Waals surface area contributed by atoms with Gasteiger partial charge in [-0.2, -0.15) is 5.10 Å². The van der Waals surface area contributed by atoms with Crippen molar-refractivity contribution in [3.63, 3.8) is 0 Å². The first kappa shape index (κ1) is 23.7. The summed E-state index contributed by atoms with van der Waals surface area (Å²) in [5.41, 5.74) is 2.34. The van der Waals surface area contributed by atoms with Gasteiger partial charge in [0.25, 0.3) is 0 Å². The summed E-state index contributed by atoms with van der Waals surface area (Å²) in [6, 6.07) is 17.3. The smallest absolute Gasteiger partial charge is 0.365 e. The Hall–Kier alpha value is -2.43. The zero-order valence-electron chi connectivity index (χ0n) is 18.3. The Bertz CT molecular complexity index is 1120. The molecule has 2 aliphatic heterocycles. The number of para-hydroxylation sites is 1. The Labute approximate surface area is 209 Å². The molecule has 4 rings (SSSR count). The lowest BCUT2D eigenvalue weighted by atomic mass is 10.2. The second-order valence-electron chi connectivity index (χ2n) is 6.97. The highest BCUT2D eigenvalue weighted by atomic mass is 79.9. The van der Waals surface area contributed by atoms with E-state index in [-0.39, 0.29) is 18.3 Å². The third-order valence-corrected chi connectivity index (χ3v) is 8.25. The lowest BCUT2D eigenvalue weighted by Crippen LogP contribution is -2.49. The van der Waals surface area contributed by atoms with Crippen LogP contribution in [0, 0.1) is 0 Å². The fourth-order valence-corrected chi connectivity index (χ4v) is 6.73. The van der Waals surface area contributed by atoms with Gasteiger partial charge < -0.3 is 14.4 Å². The predicted molar refractivity (Wildman–Crippen MR) is 137 cm³/mol. The van der Waals surface area contributed by atoms with Crippen molar-refractivity contribution in [1.29, 1.82) is 0 Å². The van der Waals surface area contributed by atoms with Gasteiger partial charge in [-0.3, -0.25) is 0 Å². The highest BCUT2D eigenvalue weighted by molar-refractivity contribution is 9.10. The van der Waals surface area contributed by atoms with E-state index in [1.54, 1.807) is 18.9 Å². The molecule has 0 amide bonds. The summed E-state index contributed by atoms with van der Waals surface area (Å²) in [6.45, 7) is 5.92. The summed E-state index contributed by atoms with van der Waals surface area (Å²) in [7, 11) is 0. The Morgan fingerprint density at radius 3 is 2.21 bits per heavy atom. The van der Waals surface area contributed by atoms with Gasteiger partial charge in [0.15, 0.2) is 0 Å². The Kier molecular flexibility index (Phi) is 7.06. The number of anilines is 2. The number of thioether (sulfide) groups is 2. The van der Waals surface area contributed by atoms with Gasteiger partial charge in [-0.1, -0.05) is 45.9 Å². The average Bonchev–Trinajstić information content (AvgIpc) is 3.33. The molecule has 1 spiro atoms. The van der Waals surface area contributed by atoms with Gasteiger partial charge in [0.2, 0.25) is 9.37 Å². The Balaban J connectivity index is 1.87. The second-order valence-corrected chi connectivity index (χ2v) is 10.5. The molecular weight excluding hydrogens is 526 g/mol. The first-order chi connectivity index (χ1) is 15.9. The molecule has 2 aliphatic rings. The van der Waals surface area contributed by atoms with Crippen molar-refractivity contribution < 1.29 is 19.1 Å². The number of hydrogen-bond donors (Lipinski definition) is 0. The number of carbonyl (C=O) groups is 2. The van der Waals surface area contributed by atoms with Gasteiger partial charge in [0, 0.05) is 15.9 Å². The van der Waals surface area contributed by atoms with Gasteiger partial charge in [0.05, 0.1) is 18.9 Å². The highest BCUT2D eigenvalue weighted by Gasteiger charge is 2.58. The molecule has 0 bridgehead atoms. The van der Waals surface area contributed by atoms with Crippen molar-refractivity contribution in [2.45, 2.75) is 25.1 Å². The zero-order valence-corrected chi connectivity index (χ0v) is 21.5. The van der Waals surface area contributed by atoms with Gasteiger partial charge in [-0.25, -0.2) is 14.6 Å². The molecule has 0 aliphatic carbocycles. The van der Waals surface area contributed by atoms with E-state index in [2.05, 4.69) is 21.0 Å². The maximum atomic E-state index is 12.9. The van der Waals surface area contributed by atoms with E-state index < -0.39 is 16.3 Å². The zero-order chi connectivity index (χ0) is 23.6. The number of nitrogens with zero attached hydrogens (tertiary/aromatic N) is 3. The van der Waals surface area contributed by atoms with Crippen LogP contribution in [-0.4, -0.2) is 34.5 Å². The molecule has 2 aromatic rings. The molecule has 10 heteroatoms. The first-order valence-corrected chi connectivity index (χ1v) is 12.8. The third kappa shape index (κ3) is 4.39. The number of allylic oxidation sites excluding steroid dienone is 1. The van der Waals surface area contributed by atoms with Crippen molar-refractivity contribution >= 4 is 67.8 Å². The van der Waals surface area contributed by atoms with Crippen molar-refractivity contribution in [2.75, 3.05) is 23.1 Å². The van der Waals surface area contributed by atoms with Crippen molar-refractivity contribution in [1.82, 2.24) is 0 Å². The molecule has 2 aromatic carbocycles. The molecule has 0 fully saturated rings. The maximum Gasteiger partial charge on any atom is 0.365 e. The number of hydrazone groups is 1. The fourth-order valence-electron chi connectivity index (χ4n) is 3.51. The number of rotatable bonds is 6. The summed E-state index contributed by atoms with van der Waals surface area (Å²) in [6.07, 6.45) is 0. The minimum Gasteiger partial charge on any atom is -0.462 e. The number of benzene rings is 2. The van der Waals surface area contributed by atoms with Crippen LogP contribution in [0.2, 0.25) is 0 Å². The molecule has 0 saturated heterocycles. The molecule has 0 unspecified atom stereocenters. The minimum absolute atomic E-state index is 0.214. The van der Waals surface area contributed by atoms with Crippen LogP contribution in [0.25, 0.3) is 0 Å². The van der Waals surface area contributed by atoms with E-state index in [0.717, 1.165) is 21.5 Å². The highest BCUT2D eigenvalue weighted by Crippen LogP contribution is 2.60. The van der Waals surface area contributed by atoms with E-state index >= 15 is 0 Å². The van der Waals surface area contributed by atoms with Gasteiger partial charge in [0.1, 0.15) is 4.91 Å². The maximum absolute atomic E-state index is 12.9. The summed E-state index contributed by atoms with van der Waals surface area (Å²) in [5.74, 6) is -0.906. The first-order valence-electron chi connectivity index (χ1n) is 10.3. The molecule has 1 atom stereocenters. The van der Waals surface area contributed by atoms with Crippen LogP contribution in [-0.2, 0) is 19.1 Å². The van der Waals surface area contributed by atoms with Gasteiger partial charge in [-0.05, 0) is 68.9 Å². The molecule has 0 aromatic heterocycles. The topological polar surface area (TPSA) is 71.4 Å². The lowest BCUT2D eigenvalue weighted by molar-refractivity contribution is -0.137. The molecule has 7 nitrogen and oxygen atoms in total. The molecule has 33 heavy (non-hydrogen) atoms. The van der Waals surface area contributed by atoms with E-state index in [1.165, 1.54) is 23.5 Å². The standard InChI is InChI=1S/C23H22BrN3O4S2/c1-4-30-21(28)19-15(3)26(17-9-7-6-8-10-17)23(32-19)27(18-13-11-16(24)12-14-18)25-20(33-23)22(29)31-5-2/h6-14H,4-5H2,1-3H3/t23-/m0/s1. The number of ether oxygens (including phenoxy) is 2. The van der Waals surface area contributed by atoms with Gasteiger partial charge in [-0.15, -0.1) is 0 Å². The summed E-state index contributed by atoms with van der Waals surface area (Å²) in [4.78, 5) is 28.1. The monoisotopic (exact) mass is 547 g/mol. The average molecular weight is 548 g/mol. The summed E-state index contributed by atoms with van der Waals surface area (Å²) < 4.78 is 10.5. The lowest BCUT2D eigenvalue weighted by Gasteiger charge is -2.41. The summed E-state index contributed by atoms with van der Waals surface area (Å²) >= 11 is 6.03.